The average Bonchev–Trinajstić information content (AvgIpc) is 2.91. The van der Waals surface area contributed by atoms with E-state index in [2.05, 4.69) is 44.5 Å². The quantitative estimate of drug-likeness (QED) is 0.867. The van der Waals surface area contributed by atoms with Crippen molar-refractivity contribution in [1.29, 1.82) is 0 Å². The SMILES string of the molecule is CCc1cc2c(N3CC(N4CCSCC4)C3)ncnc2s1. The van der Waals surface area contributed by atoms with Crippen molar-refractivity contribution in [3.63, 3.8) is 0 Å². The summed E-state index contributed by atoms with van der Waals surface area (Å²) in [6, 6.07) is 3.00. The zero-order valence-electron chi connectivity index (χ0n) is 12.3. The number of anilines is 1. The summed E-state index contributed by atoms with van der Waals surface area (Å²) in [5.41, 5.74) is 0. The third-order valence-corrected chi connectivity index (χ3v) is 6.56. The standard InChI is InChI=1S/C15H20N4S2/c1-2-12-7-13-14(16-10-17-15(13)21-12)19-8-11(9-19)18-3-5-20-6-4-18/h7,10-11H,2-6,8-9H2,1H3. The van der Waals surface area contributed by atoms with Crippen LogP contribution in [0.15, 0.2) is 12.4 Å². The number of fused-ring (bicyclic) bond motifs is 1. The second-order valence-corrected chi connectivity index (χ2v) is 8.03. The van der Waals surface area contributed by atoms with Crippen LogP contribution in [0.2, 0.25) is 0 Å². The van der Waals surface area contributed by atoms with Crippen molar-refractivity contribution < 1.29 is 0 Å². The second kappa shape index (κ2) is 5.74. The number of aromatic nitrogens is 2. The van der Waals surface area contributed by atoms with E-state index in [1.165, 1.54) is 34.9 Å². The molecule has 0 atom stereocenters. The molecule has 0 aliphatic carbocycles. The fourth-order valence-corrected chi connectivity index (χ4v) is 4.98. The van der Waals surface area contributed by atoms with E-state index >= 15 is 0 Å². The van der Waals surface area contributed by atoms with Crippen LogP contribution in [0.25, 0.3) is 10.2 Å². The smallest absolute Gasteiger partial charge is 0.140 e. The van der Waals surface area contributed by atoms with Crippen molar-refractivity contribution >= 4 is 39.1 Å². The van der Waals surface area contributed by atoms with E-state index < -0.39 is 0 Å². The van der Waals surface area contributed by atoms with Crippen LogP contribution in [0.1, 0.15) is 11.8 Å². The van der Waals surface area contributed by atoms with Gasteiger partial charge in [0.25, 0.3) is 0 Å². The zero-order valence-corrected chi connectivity index (χ0v) is 13.9. The first-order valence-electron chi connectivity index (χ1n) is 7.65. The van der Waals surface area contributed by atoms with Crippen LogP contribution in [-0.4, -0.2) is 58.6 Å². The molecule has 0 bridgehead atoms. The van der Waals surface area contributed by atoms with Crippen LogP contribution in [0, 0.1) is 0 Å². The molecule has 21 heavy (non-hydrogen) atoms. The maximum Gasteiger partial charge on any atom is 0.140 e. The molecule has 4 nitrogen and oxygen atoms in total. The molecule has 0 unspecified atom stereocenters. The molecule has 0 amide bonds. The van der Waals surface area contributed by atoms with Gasteiger partial charge >= 0.3 is 0 Å². The highest BCUT2D eigenvalue weighted by Crippen LogP contribution is 2.33. The highest BCUT2D eigenvalue weighted by molar-refractivity contribution is 7.99. The van der Waals surface area contributed by atoms with E-state index in [0.717, 1.165) is 36.2 Å². The van der Waals surface area contributed by atoms with Gasteiger partial charge in [-0.05, 0) is 12.5 Å². The molecule has 2 aliphatic rings. The van der Waals surface area contributed by atoms with Crippen LogP contribution >= 0.6 is 23.1 Å². The Morgan fingerprint density at radius 2 is 2.05 bits per heavy atom. The monoisotopic (exact) mass is 320 g/mol. The van der Waals surface area contributed by atoms with Gasteiger partial charge in [-0.2, -0.15) is 11.8 Å². The summed E-state index contributed by atoms with van der Waals surface area (Å²) in [6.07, 6.45) is 2.80. The molecule has 0 N–H and O–H groups in total. The molecule has 112 valence electrons. The fraction of sp³-hybridized carbons (Fsp3) is 0.600. The lowest BCUT2D eigenvalue weighted by Crippen LogP contribution is -2.61. The molecule has 0 aromatic carbocycles. The summed E-state index contributed by atoms with van der Waals surface area (Å²) in [4.78, 5) is 16.6. The van der Waals surface area contributed by atoms with E-state index in [4.69, 9.17) is 0 Å². The Kier molecular flexibility index (Phi) is 3.77. The Balaban J connectivity index is 1.51. The van der Waals surface area contributed by atoms with Gasteiger partial charge in [0.05, 0.1) is 5.39 Å². The summed E-state index contributed by atoms with van der Waals surface area (Å²) in [7, 11) is 0. The van der Waals surface area contributed by atoms with Crippen molar-refractivity contribution in [2.75, 3.05) is 42.6 Å². The van der Waals surface area contributed by atoms with Gasteiger partial charge in [-0.25, -0.2) is 9.97 Å². The molecule has 2 aliphatic heterocycles. The molecular formula is C15H20N4S2. The van der Waals surface area contributed by atoms with Crippen molar-refractivity contribution in [2.45, 2.75) is 19.4 Å². The van der Waals surface area contributed by atoms with E-state index in [9.17, 15) is 0 Å². The lowest BCUT2D eigenvalue weighted by atomic mass is 10.1. The Bertz CT molecular complexity index is 630. The minimum atomic E-state index is 0.722. The molecule has 2 saturated heterocycles. The lowest BCUT2D eigenvalue weighted by molar-refractivity contribution is 0.182. The van der Waals surface area contributed by atoms with Crippen LogP contribution in [-0.2, 0) is 6.42 Å². The number of aryl methyl sites for hydroxylation is 1. The molecule has 6 heteroatoms. The van der Waals surface area contributed by atoms with E-state index in [1.54, 1.807) is 17.7 Å². The van der Waals surface area contributed by atoms with Crippen LogP contribution < -0.4 is 4.90 Å². The predicted octanol–water partition coefficient (Wildman–Crippen LogP) is 2.49. The van der Waals surface area contributed by atoms with Gasteiger partial charge in [-0.3, -0.25) is 4.90 Å². The topological polar surface area (TPSA) is 32.3 Å². The summed E-state index contributed by atoms with van der Waals surface area (Å²) in [5, 5.41) is 1.24. The Hall–Kier alpha value is -0.850. The van der Waals surface area contributed by atoms with Gasteiger partial charge in [0.2, 0.25) is 0 Å². The number of thioether (sulfide) groups is 1. The Labute approximate surface area is 133 Å². The average molecular weight is 320 g/mol. The molecule has 2 fully saturated rings. The van der Waals surface area contributed by atoms with Gasteiger partial charge < -0.3 is 4.90 Å². The summed E-state index contributed by atoms with van der Waals surface area (Å²) >= 11 is 3.88. The summed E-state index contributed by atoms with van der Waals surface area (Å²) in [6.45, 7) is 6.94. The van der Waals surface area contributed by atoms with Gasteiger partial charge in [0, 0.05) is 48.6 Å². The maximum absolute atomic E-state index is 4.55. The van der Waals surface area contributed by atoms with Gasteiger partial charge in [-0.1, -0.05) is 6.92 Å². The van der Waals surface area contributed by atoms with Crippen molar-refractivity contribution in [3.8, 4) is 0 Å². The number of hydrogen-bond acceptors (Lipinski definition) is 6. The normalized spacial score (nSPS) is 20.9. The van der Waals surface area contributed by atoms with Crippen LogP contribution in [0.4, 0.5) is 5.82 Å². The third-order valence-electron chi connectivity index (χ3n) is 4.43. The second-order valence-electron chi connectivity index (χ2n) is 5.69. The number of nitrogens with zero attached hydrogens (tertiary/aromatic N) is 4. The fourth-order valence-electron chi connectivity index (χ4n) is 3.12. The first-order valence-corrected chi connectivity index (χ1v) is 9.62. The van der Waals surface area contributed by atoms with Crippen LogP contribution in [0.5, 0.6) is 0 Å². The van der Waals surface area contributed by atoms with E-state index in [-0.39, 0.29) is 0 Å². The molecule has 4 heterocycles. The zero-order chi connectivity index (χ0) is 14.2. The van der Waals surface area contributed by atoms with Crippen LogP contribution in [0.3, 0.4) is 0 Å². The molecule has 2 aromatic heterocycles. The summed E-state index contributed by atoms with van der Waals surface area (Å²) < 4.78 is 0. The van der Waals surface area contributed by atoms with E-state index in [0.29, 0.717) is 0 Å². The lowest BCUT2D eigenvalue weighted by Gasteiger charge is -2.47. The van der Waals surface area contributed by atoms with Crippen molar-refractivity contribution in [1.82, 2.24) is 14.9 Å². The van der Waals surface area contributed by atoms with Gasteiger partial charge in [0.15, 0.2) is 0 Å². The largest absolute Gasteiger partial charge is 0.353 e. The third kappa shape index (κ3) is 2.53. The Morgan fingerprint density at radius 3 is 2.81 bits per heavy atom. The van der Waals surface area contributed by atoms with E-state index in [1.807, 2.05) is 0 Å². The number of thiophene rings is 1. The molecular weight excluding hydrogens is 300 g/mol. The first kappa shape index (κ1) is 13.8. The maximum atomic E-state index is 4.55. The van der Waals surface area contributed by atoms with Crippen molar-refractivity contribution in [2.24, 2.45) is 0 Å². The number of hydrogen-bond donors (Lipinski definition) is 0. The predicted molar refractivity (Wildman–Crippen MR) is 91.7 cm³/mol. The molecule has 0 spiro atoms. The highest BCUT2D eigenvalue weighted by atomic mass is 32.2. The van der Waals surface area contributed by atoms with Crippen molar-refractivity contribution in [3.05, 3.63) is 17.3 Å². The molecule has 2 aromatic rings. The first-order chi connectivity index (χ1) is 10.3. The molecule has 0 radical (unpaired) electrons. The minimum absolute atomic E-state index is 0.722. The van der Waals surface area contributed by atoms with Gasteiger partial charge in [0.1, 0.15) is 17.0 Å². The highest BCUT2D eigenvalue weighted by Gasteiger charge is 2.34. The number of rotatable bonds is 3. The van der Waals surface area contributed by atoms with Gasteiger partial charge in [-0.15, -0.1) is 11.3 Å². The molecule has 0 saturated carbocycles. The Morgan fingerprint density at radius 1 is 1.24 bits per heavy atom. The minimum Gasteiger partial charge on any atom is -0.353 e. The summed E-state index contributed by atoms with van der Waals surface area (Å²) in [5.74, 6) is 3.72. The molecule has 4 rings (SSSR count).